The number of piperidine rings is 1. The average molecular weight is 415 g/mol. The van der Waals surface area contributed by atoms with Crippen LogP contribution in [0.15, 0.2) is 0 Å². The summed E-state index contributed by atoms with van der Waals surface area (Å²) in [6, 6.07) is 0.0999. The molecule has 1 aliphatic heterocycles. The Morgan fingerprint density at radius 2 is 1.86 bits per heavy atom. The van der Waals surface area contributed by atoms with Gasteiger partial charge in [-0.3, -0.25) is 14.5 Å². The molecular formula is C20H38N4O5. The smallest absolute Gasteiger partial charge is 0.407 e. The number of carbonyl (C=O) groups excluding carboxylic acids is 3. The van der Waals surface area contributed by atoms with Crippen LogP contribution in [0, 0.1) is 0 Å². The number of methoxy groups -OCH3 is 1. The molecule has 0 aromatic carbocycles. The first-order chi connectivity index (χ1) is 13.6. The van der Waals surface area contributed by atoms with Gasteiger partial charge in [0, 0.05) is 38.7 Å². The van der Waals surface area contributed by atoms with Crippen molar-refractivity contribution in [3.8, 4) is 0 Å². The van der Waals surface area contributed by atoms with E-state index in [0.717, 1.165) is 25.8 Å². The minimum Gasteiger partial charge on any atom is -0.444 e. The summed E-state index contributed by atoms with van der Waals surface area (Å²) >= 11 is 0. The van der Waals surface area contributed by atoms with Crippen molar-refractivity contribution in [1.82, 2.24) is 20.9 Å². The van der Waals surface area contributed by atoms with Gasteiger partial charge >= 0.3 is 6.09 Å². The van der Waals surface area contributed by atoms with Crippen LogP contribution in [0.25, 0.3) is 0 Å². The standard InChI is InChI=1S/C20H38N4O5/c1-15(14-28-5)23-18(26)13-24-11-7-6-8-16(24)12-22-17(25)9-10-21-19(27)29-20(2,3)4/h15-16H,6-14H2,1-5H3,(H,21,27)(H,22,25)(H,23,26)/t15-,16-/m0/s1. The van der Waals surface area contributed by atoms with Gasteiger partial charge in [0.25, 0.3) is 0 Å². The van der Waals surface area contributed by atoms with Gasteiger partial charge in [0.05, 0.1) is 13.2 Å². The van der Waals surface area contributed by atoms with E-state index in [1.165, 1.54) is 0 Å². The van der Waals surface area contributed by atoms with Crippen LogP contribution in [0.3, 0.4) is 0 Å². The molecule has 0 bridgehead atoms. The molecule has 2 atom stereocenters. The first-order valence-electron chi connectivity index (χ1n) is 10.4. The van der Waals surface area contributed by atoms with E-state index in [-0.39, 0.29) is 36.9 Å². The second kappa shape index (κ2) is 12.6. The number of carbonyl (C=O) groups is 3. The molecule has 9 nitrogen and oxygen atoms in total. The number of hydrogen-bond donors (Lipinski definition) is 3. The topological polar surface area (TPSA) is 109 Å². The zero-order valence-corrected chi connectivity index (χ0v) is 18.5. The van der Waals surface area contributed by atoms with Crippen LogP contribution in [0.5, 0.6) is 0 Å². The summed E-state index contributed by atoms with van der Waals surface area (Å²) in [5.74, 6) is -0.168. The lowest BCUT2D eigenvalue weighted by atomic mass is 10.0. The predicted molar refractivity (Wildman–Crippen MR) is 111 cm³/mol. The van der Waals surface area contributed by atoms with Crippen LogP contribution in [0.1, 0.15) is 53.4 Å². The van der Waals surface area contributed by atoms with E-state index in [0.29, 0.717) is 19.7 Å². The first kappa shape index (κ1) is 25.2. The van der Waals surface area contributed by atoms with Crippen LogP contribution in [-0.4, -0.2) is 80.4 Å². The Bertz CT molecular complexity index is 535. The maximum absolute atomic E-state index is 12.2. The van der Waals surface area contributed by atoms with Crippen molar-refractivity contribution in [2.24, 2.45) is 0 Å². The van der Waals surface area contributed by atoms with Crippen molar-refractivity contribution in [2.45, 2.75) is 71.1 Å². The molecule has 1 rings (SSSR count). The van der Waals surface area contributed by atoms with Gasteiger partial charge in [-0.25, -0.2) is 4.79 Å². The molecule has 0 aliphatic carbocycles. The maximum atomic E-state index is 12.2. The number of rotatable bonds is 10. The Kier molecular flexibility index (Phi) is 11.0. The molecular weight excluding hydrogens is 376 g/mol. The second-order valence-corrected chi connectivity index (χ2v) is 8.53. The van der Waals surface area contributed by atoms with Crippen molar-refractivity contribution in [3.63, 3.8) is 0 Å². The lowest BCUT2D eigenvalue weighted by Crippen LogP contribution is -2.51. The molecule has 3 amide bonds. The summed E-state index contributed by atoms with van der Waals surface area (Å²) in [6.07, 6.45) is 2.72. The largest absolute Gasteiger partial charge is 0.444 e. The minimum atomic E-state index is -0.565. The monoisotopic (exact) mass is 414 g/mol. The third kappa shape index (κ3) is 11.7. The quantitative estimate of drug-likeness (QED) is 0.493. The van der Waals surface area contributed by atoms with Gasteiger partial charge in [0.1, 0.15) is 5.60 Å². The number of ether oxygens (including phenoxy) is 2. The van der Waals surface area contributed by atoms with Crippen molar-refractivity contribution in [1.29, 1.82) is 0 Å². The van der Waals surface area contributed by atoms with Gasteiger partial charge in [-0.1, -0.05) is 6.42 Å². The molecule has 0 radical (unpaired) electrons. The van der Waals surface area contributed by atoms with E-state index < -0.39 is 11.7 Å². The van der Waals surface area contributed by atoms with Gasteiger partial charge in [-0.2, -0.15) is 0 Å². The molecule has 29 heavy (non-hydrogen) atoms. The van der Waals surface area contributed by atoms with E-state index in [1.807, 2.05) is 6.92 Å². The van der Waals surface area contributed by atoms with Gasteiger partial charge < -0.3 is 25.4 Å². The molecule has 1 aliphatic rings. The highest BCUT2D eigenvalue weighted by Gasteiger charge is 2.25. The zero-order valence-electron chi connectivity index (χ0n) is 18.5. The number of amides is 3. The maximum Gasteiger partial charge on any atom is 0.407 e. The van der Waals surface area contributed by atoms with Crippen LogP contribution in [0.2, 0.25) is 0 Å². The molecule has 168 valence electrons. The van der Waals surface area contributed by atoms with E-state index in [9.17, 15) is 14.4 Å². The lowest BCUT2D eigenvalue weighted by molar-refractivity contribution is -0.124. The van der Waals surface area contributed by atoms with Crippen molar-refractivity contribution < 1.29 is 23.9 Å². The lowest BCUT2D eigenvalue weighted by Gasteiger charge is -2.35. The van der Waals surface area contributed by atoms with Crippen molar-refractivity contribution >= 4 is 17.9 Å². The summed E-state index contributed by atoms with van der Waals surface area (Å²) in [7, 11) is 1.61. The Hall–Kier alpha value is -1.87. The minimum absolute atomic E-state index is 0.0330. The third-order valence-corrected chi connectivity index (χ3v) is 4.47. The molecule has 0 aromatic rings. The highest BCUT2D eigenvalue weighted by atomic mass is 16.6. The summed E-state index contributed by atoms with van der Waals surface area (Å²) in [6.45, 7) is 9.60. The van der Waals surface area contributed by atoms with E-state index in [4.69, 9.17) is 9.47 Å². The van der Waals surface area contributed by atoms with E-state index >= 15 is 0 Å². The van der Waals surface area contributed by atoms with Gasteiger partial charge in [-0.05, 0) is 47.1 Å². The highest BCUT2D eigenvalue weighted by Crippen LogP contribution is 2.16. The van der Waals surface area contributed by atoms with Gasteiger partial charge in [-0.15, -0.1) is 0 Å². The average Bonchev–Trinajstić information content (AvgIpc) is 2.59. The van der Waals surface area contributed by atoms with E-state index in [2.05, 4.69) is 20.9 Å². The number of nitrogens with zero attached hydrogens (tertiary/aromatic N) is 1. The van der Waals surface area contributed by atoms with Crippen LogP contribution in [-0.2, 0) is 19.1 Å². The Morgan fingerprint density at radius 1 is 1.14 bits per heavy atom. The number of nitrogens with one attached hydrogen (secondary N) is 3. The van der Waals surface area contributed by atoms with Gasteiger partial charge in [0.2, 0.25) is 11.8 Å². The van der Waals surface area contributed by atoms with Crippen LogP contribution >= 0.6 is 0 Å². The number of likely N-dealkylation sites (tertiary alicyclic amines) is 1. The Morgan fingerprint density at radius 3 is 2.52 bits per heavy atom. The zero-order chi connectivity index (χ0) is 21.9. The first-order valence-corrected chi connectivity index (χ1v) is 10.4. The SMILES string of the molecule is COC[C@H](C)NC(=O)CN1CCCC[C@H]1CNC(=O)CCNC(=O)OC(C)(C)C. The fraction of sp³-hybridized carbons (Fsp3) is 0.850. The molecule has 0 unspecified atom stereocenters. The molecule has 1 saturated heterocycles. The molecule has 3 N–H and O–H groups in total. The van der Waals surface area contributed by atoms with Crippen LogP contribution < -0.4 is 16.0 Å². The molecule has 0 saturated carbocycles. The fourth-order valence-electron chi connectivity index (χ4n) is 3.21. The van der Waals surface area contributed by atoms with Crippen LogP contribution in [0.4, 0.5) is 4.79 Å². The Balaban J connectivity index is 2.33. The number of alkyl carbamates (subject to hydrolysis) is 1. The number of hydrogen-bond acceptors (Lipinski definition) is 6. The summed E-state index contributed by atoms with van der Waals surface area (Å²) < 4.78 is 10.2. The fourth-order valence-corrected chi connectivity index (χ4v) is 3.21. The Labute approximate surface area is 174 Å². The normalized spacial score (nSPS) is 18.6. The highest BCUT2D eigenvalue weighted by molar-refractivity contribution is 5.78. The predicted octanol–water partition coefficient (Wildman–Crippen LogP) is 1.02. The molecule has 0 aromatic heterocycles. The third-order valence-electron chi connectivity index (χ3n) is 4.47. The molecule has 1 fully saturated rings. The second-order valence-electron chi connectivity index (χ2n) is 8.53. The van der Waals surface area contributed by atoms with Gasteiger partial charge in [0.15, 0.2) is 0 Å². The molecule has 0 spiro atoms. The van der Waals surface area contributed by atoms with E-state index in [1.54, 1.807) is 27.9 Å². The van der Waals surface area contributed by atoms with Crippen molar-refractivity contribution in [2.75, 3.05) is 39.9 Å². The summed E-state index contributed by atoms with van der Waals surface area (Å²) in [5.41, 5.74) is -0.565. The summed E-state index contributed by atoms with van der Waals surface area (Å²) in [4.78, 5) is 38.0. The molecule has 1 heterocycles. The molecule has 9 heteroatoms. The van der Waals surface area contributed by atoms with Crippen molar-refractivity contribution in [3.05, 3.63) is 0 Å². The summed E-state index contributed by atoms with van der Waals surface area (Å²) in [5, 5.41) is 8.41.